The van der Waals surface area contributed by atoms with Gasteiger partial charge in [0.05, 0.1) is 11.3 Å². The standard InChI is InChI=1S/C20H22FN7O2/c1-13-2-5-16(25-11-13)27-6-8-28(9-7-27)18-14(10-22)3-4-15(17(18)21)12-30-20(29)26-19(23)24/h2-5,11H,6-9,12H2,1H3,(H4,23,24,26,29). The van der Waals surface area contributed by atoms with Gasteiger partial charge < -0.3 is 26.0 Å². The smallest absolute Gasteiger partial charge is 0.437 e. The number of benzene rings is 1. The second-order valence-electron chi connectivity index (χ2n) is 6.81. The highest BCUT2D eigenvalue weighted by Gasteiger charge is 2.24. The number of rotatable bonds is 4. The van der Waals surface area contributed by atoms with Crippen LogP contribution in [-0.2, 0) is 11.3 Å². The number of piperazine rings is 1. The molecule has 1 aromatic carbocycles. The molecule has 0 spiro atoms. The Hall–Kier alpha value is -3.87. The van der Waals surface area contributed by atoms with Crippen LogP contribution in [-0.4, -0.2) is 43.2 Å². The van der Waals surface area contributed by atoms with Crippen molar-refractivity contribution in [3.8, 4) is 6.07 Å². The van der Waals surface area contributed by atoms with Crippen LogP contribution in [0.15, 0.2) is 35.5 Å². The molecule has 2 heterocycles. The van der Waals surface area contributed by atoms with Crippen molar-refractivity contribution in [1.82, 2.24) is 4.98 Å². The van der Waals surface area contributed by atoms with Crippen LogP contribution in [0.25, 0.3) is 0 Å². The molecule has 9 nitrogen and oxygen atoms in total. The third-order valence-corrected chi connectivity index (χ3v) is 4.70. The Morgan fingerprint density at radius 3 is 2.53 bits per heavy atom. The van der Waals surface area contributed by atoms with E-state index in [0.29, 0.717) is 26.2 Å². The molecule has 1 aliphatic heterocycles. The monoisotopic (exact) mass is 411 g/mol. The summed E-state index contributed by atoms with van der Waals surface area (Å²) < 4.78 is 20.1. The third kappa shape index (κ3) is 4.75. The predicted octanol–water partition coefficient (Wildman–Crippen LogP) is 1.64. The highest BCUT2D eigenvalue weighted by atomic mass is 19.1. The lowest BCUT2D eigenvalue weighted by atomic mass is 10.1. The number of nitrogens with zero attached hydrogens (tertiary/aromatic N) is 5. The number of hydrogen-bond donors (Lipinski definition) is 2. The number of halogens is 1. The topological polar surface area (TPSA) is 134 Å². The summed E-state index contributed by atoms with van der Waals surface area (Å²) >= 11 is 0. The van der Waals surface area contributed by atoms with Crippen LogP contribution in [0.5, 0.6) is 0 Å². The summed E-state index contributed by atoms with van der Waals surface area (Å²) in [4.78, 5) is 23.1. The minimum absolute atomic E-state index is 0.130. The molecule has 1 aliphatic rings. The number of carbonyl (C=O) groups excluding carboxylic acids is 1. The number of aryl methyl sites for hydroxylation is 1. The Morgan fingerprint density at radius 1 is 1.23 bits per heavy atom. The SMILES string of the molecule is Cc1ccc(N2CCN(c3c(C#N)ccc(COC(=O)N=C(N)N)c3F)CC2)nc1. The average Bonchev–Trinajstić information content (AvgIpc) is 2.73. The molecular weight excluding hydrogens is 389 g/mol. The number of hydrogen-bond acceptors (Lipinski definition) is 6. The fourth-order valence-corrected chi connectivity index (χ4v) is 3.20. The molecule has 4 N–H and O–H groups in total. The first-order valence-corrected chi connectivity index (χ1v) is 9.29. The van der Waals surface area contributed by atoms with Gasteiger partial charge in [-0.15, -0.1) is 4.99 Å². The molecule has 0 unspecified atom stereocenters. The Bertz CT molecular complexity index is 989. The Morgan fingerprint density at radius 2 is 1.93 bits per heavy atom. The van der Waals surface area contributed by atoms with Gasteiger partial charge in [-0.25, -0.2) is 14.2 Å². The van der Waals surface area contributed by atoms with Crippen LogP contribution in [0.3, 0.4) is 0 Å². The van der Waals surface area contributed by atoms with E-state index in [2.05, 4.69) is 14.9 Å². The molecule has 1 amide bonds. The molecule has 156 valence electrons. The van der Waals surface area contributed by atoms with Crippen molar-refractivity contribution in [3.05, 3.63) is 53.0 Å². The lowest BCUT2D eigenvalue weighted by Gasteiger charge is -2.37. The van der Waals surface area contributed by atoms with Gasteiger partial charge in [0.25, 0.3) is 0 Å². The molecular formula is C20H22FN7O2. The lowest BCUT2D eigenvalue weighted by molar-refractivity contribution is 0.149. The normalized spacial score (nSPS) is 13.5. The van der Waals surface area contributed by atoms with E-state index in [9.17, 15) is 10.1 Å². The molecule has 2 aromatic rings. The van der Waals surface area contributed by atoms with Gasteiger partial charge in [0.1, 0.15) is 18.5 Å². The Labute approximate surface area is 173 Å². The summed E-state index contributed by atoms with van der Waals surface area (Å²) in [7, 11) is 0. The Kier molecular flexibility index (Phi) is 6.32. The molecule has 10 heteroatoms. The molecule has 0 radical (unpaired) electrons. The quantitative estimate of drug-likeness (QED) is 0.573. The average molecular weight is 411 g/mol. The van der Waals surface area contributed by atoms with Gasteiger partial charge in [-0.05, 0) is 24.6 Å². The molecule has 1 aromatic heterocycles. The number of guanidine groups is 1. The molecule has 0 saturated carbocycles. The van der Waals surface area contributed by atoms with Crippen LogP contribution < -0.4 is 21.3 Å². The van der Waals surface area contributed by atoms with Crippen LogP contribution >= 0.6 is 0 Å². The molecule has 0 aliphatic carbocycles. The van der Waals surface area contributed by atoms with Crippen molar-refractivity contribution in [2.45, 2.75) is 13.5 Å². The largest absolute Gasteiger partial charge is 0.443 e. The summed E-state index contributed by atoms with van der Waals surface area (Å²) in [5.74, 6) is -0.183. The highest BCUT2D eigenvalue weighted by Crippen LogP contribution is 2.29. The summed E-state index contributed by atoms with van der Waals surface area (Å²) in [5, 5.41) is 9.44. The molecule has 30 heavy (non-hydrogen) atoms. The fraction of sp³-hybridized carbons (Fsp3) is 0.300. The van der Waals surface area contributed by atoms with E-state index in [1.54, 1.807) is 0 Å². The Balaban J connectivity index is 1.75. The maximum Gasteiger partial charge on any atom is 0.437 e. The van der Waals surface area contributed by atoms with Crippen molar-refractivity contribution in [2.75, 3.05) is 36.0 Å². The molecule has 0 atom stereocenters. The van der Waals surface area contributed by atoms with E-state index in [-0.39, 0.29) is 23.4 Å². The first kappa shape index (κ1) is 20.9. The number of amides is 1. The van der Waals surface area contributed by atoms with Crippen LogP contribution in [0.1, 0.15) is 16.7 Å². The van der Waals surface area contributed by atoms with Crippen molar-refractivity contribution < 1.29 is 13.9 Å². The maximum absolute atomic E-state index is 15.2. The van der Waals surface area contributed by atoms with Gasteiger partial charge in [0.2, 0.25) is 0 Å². The summed E-state index contributed by atoms with van der Waals surface area (Å²) in [5.41, 5.74) is 11.9. The summed E-state index contributed by atoms with van der Waals surface area (Å²) in [6, 6.07) is 8.90. The molecule has 0 bridgehead atoms. The number of anilines is 2. The van der Waals surface area contributed by atoms with E-state index in [1.165, 1.54) is 12.1 Å². The zero-order chi connectivity index (χ0) is 21.7. The zero-order valence-corrected chi connectivity index (χ0v) is 16.5. The van der Waals surface area contributed by atoms with Crippen molar-refractivity contribution in [3.63, 3.8) is 0 Å². The second-order valence-corrected chi connectivity index (χ2v) is 6.81. The van der Waals surface area contributed by atoms with E-state index < -0.39 is 17.9 Å². The number of pyridine rings is 1. The van der Waals surface area contributed by atoms with Gasteiger partial charge in [0.15, 0.2) is 11.8 Å². The van der Waals surface area contributed by atoms with E-state index in [1.807, 2.05) is 36.2 Å². The highest BCUT2D eigenvalue weighted by molar-refractivity contribution is 5.87. The number of ether oxygens (including phenoxy) is 1. The number of carbonyl (C=O) groups is 1. The van der Waals surface area contributed by atoms with E-state index >= 15 is 4.39 Å². The summed E-state index contributed by atoms with van der Waals surface area (Å²) in [6.45, 7) is 3.90. The van der Waals surface area contributed by atoms with Crippen LogP contribution in [0, 0.1) is 24.1 Å². The summed E-state index contributed by atoms with van der Waals surface area (Å²) in [6.07, 6.45) is 0.793. The van der Waals surface area contributed by atoms with E-state index in [0.717, 1.165) is 11.4 Å². The zero-order valence-electron chi connectivity index (χ0n) is 16.5. The van der Waals surface area contributed by atoms with Gasteiger partial charge >= 0.3 is 6.09 Å². The van der Waals surface area contributed by atoms with Gasteiger partial charge in [-0.2, -0.15) is 5.26 Å². The predicted molar refractivity (Wildman–Crippen MR) is 111 cm³/mol. The fourth-order valence-electron chi connectivity index (χ4n) is 3.20. The first-order chi connectivity index (χ1) is 14.4. The van der Waals surface area contributed by atoms with E-state index in [4.69, 9.17) is 16.2 Å². The number of aromatic nitrogens is 1. The molecule has 1 saturated heterocycles. The first-order valence-electron chi connectivity index (χ1n) is 9.29. The number of aliphatic imine (C=N–C) groups is 1. The van der Waals surface area contributed by atoms with Crippen molar-refractivity contribution in [2.24, 2.45) is 16.5 Å². The second kappa shape index (κ2) is 9.09. The van der Waals surface area contributed by atoms with Crippen molar-refractivity contribution in [1.29, 1.82) is 5.26 Å². The van der Waals surface area contributed by atoms with Crippen molar-refractivity contribution >= 4 is 23.6 Å². The van der Waals surface area contributed by atoms with Gasteiger partial charge in [0, 0.05) is 37.9 Å². The molecule has 1 fully saturated rings. The number of nitriles is 1. The molecule has 3 rings (SSSR count). The number of nitrogens with two attached hydrogens (primary N) is 2. The minimum atomic E-state index is -1.01. The lowest BCUT2D eigenvalue weighted by Crippen LogP contribution is -2.47. The minimum Gasteiger partial charge on any atom is -0.443 e. The van der Waals surface area contributed by atoms with Gasteiger partial charge in [-0.1, -0.05) is 12.1 Å². The third-order valence-electron chi connectivity index (χ3n) is 4.70. The maximum atomic E-state index is 15.2. The van der Waals surface area contributed by atoms with Crippen LogP contribution in [0.2, 0.25) is 0 Å². The van der Waals surface area contributed by atoms with Gasteiger partial charge in [-0.3, -0.25) is 0 Å². The van der Waals surface area contributed by atoms with Crippen LogP contribution in [0.4, 0.5) is 20.7 Å².